The van der Waals surface area contributed by atoms with Crippen molar-refractivity contribution in [3.05, 3.63) is 75.4 Å². The van der Waals surface area contributed by atoms with Gasteiger partial charge in [-0.1, -0.05) is 80.4 Å². The van der Waals surface area contributed by atoms with Gasteiger partial charge in [-0.2, -0.15) is 0 Å². The second kappa shape index (κ2) is 9.76. The smallest absolute Gasteiger partial charge is 0.251 e. The van der Waals surface area contributed by atoms with Crippen LogP contribution in [0.4, 0.5) is 0 Å². The molecule has 1 atom stereocenters. The summed E-state index contributed by atoms with van der Waals surface area (Å²) in [4.78, 5) is 24.0. The molecule has 0 aliphatic carbocycles. The fraction of sp³-hybridized carbons (Fsp3) is 0.273. The van der Waals surface area contributed by atoms with Gasteiger partial charge in [0.2, 0.25) is 6.41 Å². The van der Waals surface area contributed by atoms with E-state index >= 15 is 0 Å². The topological polar surface area (TPSA) is 58.2 Å². The number of benzene rings is 2. The molecule has 2 rings (SSSR count). The van der Waals surface area contributed by atoms with Crippen molar-refractivity contribution in [2.75, 3.05) is 0 Å². The normalized spacial score (nSPS) is 13.0. The highest BCUT2D eigenvalue weighted by Crippen LogP contribution is 2.28. The van der Waals surface area contributed by atoms with Crippen molar-refractivity contribution in [1.29, 1.82) is 0 Å². The molecule has 28 heavy (non-hydrogen) atoms. The number of allylic oxidation sites excluding steroid dienone is 1. The van der Waals surface area contributed by atoms with Crippen LogP contribution < -0.4 is 10.6 Å². The Hall–Kier alpha value is -2.30. The van der Waals surface area contributed by atoms with Gasteiger partial charge in [-0.05, 0) is 41.2 Å². The molecule has 0 aliphatic rings. The molecule has 2 amide bonds. The lowest BCUT2D eigenvalue weighted by molar-refractivity contribution is -0.125. The van der Waals surface area contributed by atoms with Crippen molar-refractivity contribution in [1.82, 2.24) is 10.6 Å². The Morgan fingerprint density at radius 3 is 2.36 bits per heavy atom. The Kier molecular flexibility index (Phi) is 7.67. The summed E-state index contributed by atoms with van der Waals surface area (Å²) in [5, 5.41) is 6.59. The molecular weight excluding hydrogens is 395 g/mol. The SMILES string of the molecule is CC(C)(C)C/C(=C/c1ccc(Cl)cc1Cl)NC(=O)[C@@H](NC=O)c1ccccc1. The maximum Gasteiger partial charge on any atom is 0.251 e. The third-order valence-corrected chi connectivity index (χ3v) is 4.49. The average Bonchev–Trinajstić information content (AvgIpc) is 2.61. The van der Waals surface area contributed by atoms with Gasteiger partial charge in [-0.3, -0.25) is 9.59 Å². The maximum absolute atomic E-state index is 12.9. The summed E-state index contributed by atoms with van der Waals surface area (Å²) in [6.07, 6.45) is 2.98. The first-order chi connectivity index (χ1) is 13.2. The molecule has 0 unspecified atom stereocenters. The van der Waals surface area contributed by atoms with E-state index in [2.05, 4.69) is 31.4 Å². The molecule has 0 fully saturated rings. The van der Waals surface area contributed by atoms with Crippen LogP contribution in [0.3, 0.4) is 0 Å². The molecule has 0 aromatic heterocycles. The van der Waals surface area contributed by atoms with Crippen LogP contribution >= 0.6 is 23.2 Å². The van der Waals surface area contributed by atoms with E-state index in [-0.39, 0.29) is 11.3 Å². The van der Waals surface area contributed by atoms with E-state index in [0.29, 0.717) is 34.1 Å². The van der Waals surface area contributed by atoms with E-state index in [1.165, 1.54) is 0 Å². The first kappa shape index (κ1) is 22.0. The minimum absolute atomic E-state index is 0.0711. The lowest BCUT2D eigenvalue weighted by Crippen LogP contribution is -2.37. The van der Waals surface area contributed by atoms with Crippen molar-refractivity contribution < 1.29 is 9.59 Å². The Morgan fingerprint density at radius 1 is 1.11 bits per heavy atom. The second-order valence-electron chi connectivity index (χ2n) is 7.69. The summed E-state index contributed by atoms with van der Waals surface area (Å²) in [6, 6.07) is 13.5. The van der Waals surface area contributed by atoms with Crippen LogP contribution in [0, 0.1) is 5.41 Å². The molecule has 4 nitrogen and oxygen atoms in total. The highest BCUT2D eigenvalue weighted by molar-refractivity contribution is 6.35. The number of halogens is 2. The van der Waals surface area contributed by atoms with Crippen LogP contribution in [-0.4, -0.2) is 12.3 Å². The fourth-order valence-corrected chi connectivity index (χ4v) is 3.24. The molecule has 2 N–H and O–H groups in total. The van der Waals surface area contributed by atoms with Gasteiger partial charge in [0.1, 0.15) is 6.04 Å². The zero-order valence-electron chi connectivity index (χ0n) is 16.1. The summed E-state index contributed by atoms with van der Waals surface area (Å²) in [6.45, 7) is 6.23. The van der Waals surface area contributed by atoms with Crippen molar-refractivity contribution in [3.8, 4) is 0 Å². The van der Waals surface area contributed by atoms with Gasteiger partial charge < -0.3 is 10.6 Å². The molecule has 0 heterocycles. The molecular formula is C22H24Cl2N2O2. The van der Waals surface area contributed by atoms with Crippen LogP contribution in [0.1, 0.15) is 44.4 Å². The number of rotatable bonds is 7. The van der Waals surface area contributed by atoms with Gasteiger partial charge in [0.25, 0.3) is 5.91 Å². The predicted molar refractivity (Wildman–Crippen MR) is 115 cm³/mol. The largest absolute Gasteiger partial charge is 0.343 e. The third kappa shape index (κ3) is 6.70. The fourth-order valence-electron chi connectivity index (χ4n) is 2.78. The molecule has 0 saturated heterocycles. The summed E-state index contributed by atoms with van der Waals surface area (Å²) in [7, 11) is 0. The molecule has 0 radical (unpaired) electrons. The van der Waals surface area contributed by atoms with Gasteiger partial charge in [-0.25, -0.2) is 0 Å². The average molecular weight is 419 g/mol. The highest BCUT2D eigenvalue weighted by Gasteiger charge is 2.22. The molecule has 6 heteroatoms. The Labute approximate surface area is 175 Å². The summed E-state index contributed by atoms with van der Waals surface area (Å²) < 4.78 is 0. The maximum atomic E-state index is 12.9. The number of nitrogens with one attached hydrogen (secondary N) is 2. The molecule has 2 aromatic rings. The van der Waals surface area contributed by atoms with E-state index in [9.17, 15) is 9.59 Å². The molecule has 148 valence electrons. The molecule has 2 aromatic carbocycles. The zero-order valence-corrected chi connectivity index (χ0v) is 17.6. The van der Waals surface area contributed by atoms with Gasteiger partial charge >= 0.3 is 0 Å². The van der Waals surface area contributed by atoms with E-state index in [4.69, 9.17) is 23.2 Å². The molecule has 0 bridgehead atoms. The van der Waals surface area contributed by atoms with E-state index < -0.39 is 6.04 Å². The summed E-state index contributed by atoms with van der Waals surface area (Å²) in [5.74, 6) is -0.320. The van der Waals surface area contributed by atoms with Crippen molar-refractivity contribution >= 4 is 41.6 Å². The van der Waals surface area contributed by atoms with Crippen molar-refractivity contribution in [3.63, 3.8) is 0 Å². The summed E-state index contributed by atoms with van der Waals surface area (Å²) >= 11 is 12.3. The number of amides is 2. The Bertz CT molecular complexity index is 859. The number of carbonyl (C=O) groups excluding carboxylic acids is 2. The van der Waals surface area contributed by atoms with E-state index in [1.807, 2.05) is 24.3 Å². The third-order valence-electron chi connectivity index (χ3n) is 3.93. The molecule has 0 spiro atoms. The van der Waals surface area contributed by atoms with Crippen molar-refractivity contribution in [2.24, 2.45) is 5.41 Å². The first-order valence-corrected chi connectivity index (χ1v) is 9.66. The van der Waals surface area contributed by atoms with Gasteiger partial charge in [0.05, 0.1) is 0 Å². The summed E-state index contributed by atoms with van der Waals surface area (Å²) in [5.41, 5.74) is 2.09. The van der Waals surface area contributed by atoms with Gasteiger partial charge in [-0.15, -0.1) is 0 Å². The van der Waals surface area contributed by atoms with Crippen LogP contribution in [0.2, 0.25) is 10.0 Å². The van der Waals surface area contributed by atoms with Crippen molar-refractivity contribution in [2.45, 2.75) is 33.2 Å². The number of hydrogen-bond acceptors (Lipinski definition) is 2. The van der Waals surface area contributed by atoms with E-state index in [0.717, 1.165) is 5.56 Å². The Morgan fingerprint density at radius 2 is 1.79 bits per heavy atom. The minimum Gasteiger partial charge on any atom is -0.343 e. The Balaban J connectivity index is 2.34. The van der Waals surface area contributed by atoms with Crippen LogP contribution in [-0.2, 0) is 9.59 Å². The van der Waals surface area contributed by atoms with Crippen LogP contribution in [0.15, 0.2) is 54.2 Å². The lowest BCUT2D eigenvalue weighted by atomic mass is 9.89. The zero-order chi connectivity index (χ0) is 20.7. The predicted octanol–water partition coefficient (Wildman–Crippen LogP) is 5.37. The van der Waals surface area contributed by atoms with Crippen LogP contribution in [0.5, 0.6) is 0 Å². The second-order valence-corrected chi connectivity index (χ2v) is 8.53. The lowest BCUT2D eigenvalue weighted by Gasteiger charge is -2.23. The van der Waals surface area contributed by atoms with Gasteiger partial charge in [0.15, 0.2) is 0 Å². The molecule has 0 saturated carbocycles. The first-order valence-electron chi connectivity index (χ1n) is 8.91. The monoisotopic (exact) mass is 418 g/mol. The standard InChI is InChI=1S/C22H24Cl2N2O2/c1-22(2,3)13-18(11-16-9-10-17(23)12-19(16)24)26-21(28)20(25-14-27)15-7-5-4-6-8-15/h4-12,14,20H,13H2,1-3H3,(H,25,27)(H,26,28)/b18-11-/t20-/m0/s1. The number of hydrogen-bond donors (Lipinski definition) is 2. The number of carbonyl (C=O) groups is 2. The van der Waals surface area contributed by atoms with Gasteiger partial charge in [0, 0.05) is 15.7 Å². The quantitative estimate of drug-likeness (QED) is 0.593. The molecule has 0 aliphatic heterocycles. The highest BCUT2D eigenvalue weighted by atomic mass is 35.5. The van der Waals surface area contributed by atoms with E-state index in [1.54, 1.807) is 30.3 Å². The van der Waals surface area contributed by atoms with Crippen LogP contribution in [0.25, 0.3) is 6.08 Å². The minimum atomic E-state index is -0.789.